The third-order valence-electron chi connectivity index (χ3n) is 3.67. The molecule has 0 aliphatic carbocycles. The highest BCUT2D eigenvalue weighted by Gasteiger charge is 2.17. The quantitative estimate of drug-likeness (QED) is 0.756. The number of anilines is 1. The van der Waals surface area contributed by atoms with E-state index < -0.39 is 5.91 Å². The van der Waals surface area contributed by atoms with E-state index in [1.165, 1.54) is 17.5 Å². The minimum Gasteiger partial charge on any atom is -0.350 e. The molecule has 0 saturated heterocycles. The number of nitrogens with zero attached hydrogens (tertiary/aromatic N) is 3. The van der Waals surface area contributed by atoms with Gasteiger partial charge in [-0.1, -0.05) is 36.8 Å². The fraction of sp³-hybridized carbons (Fsp3) is 0.294. The molecule has 25 heavy (non-hydrogen) atoms. The van der Waals surface area contributed by atoms with E-state index in [1.807, 2.05) is 0 Å². The summed E-state index contributed by atoms with van der Waals surface area (Å²) in [6.45, 7) is 4.17. The first kappa shape index (κ1) is 17.6. The Morgan fingerprint density at radius 3 is 2.84 bits per heavy atom. The van der Waals surface area contributed by atoms with Crippen molar-refractivity contribution in [2.24, 2.45) is 13.0 Å². The van der Waals surface area contributed by atoms with Gasteiger partial charge in [0.25, 0.3) is 5.91 Å². The number of hydrogen-bond acceptors (Lipinski definition) is 5. The van der Waals surface area contributed by atoms with E-state index in [9.17, 15) is 9.59 Å². The summed E-state index contributed by atoms with van der Waals surface area (Å²) in [5.41, 5.74) is 0.388. The molecule has 2 aromatic heterocycles. The van der Waals surface area contributed by atoms with Gasteiger partial charge >= 0.3 is 0 Å². The van der Waals surface area contributed by atoms with Gasteiger partial charge in [-0.3, -0.25) is 14.9 Å². The highest BCUT2D eigenvalue weighted by Crippen LogP contribution is 2.20. The molecule has 1 N–H and O–H groups in total. The first-order valence-corrected chi connectivity index (χ1v) is 8.97. The van der Waals surface area contributed by atoms with Gasteiger partial charge in [0, 0.05) is 30.1 Å². The molecule has 0 aliphatic rings. The number of nitrogens with one attached hydrogen (secondary N) is 1. The lowest BCUT2D eigenvalue weighted by Gasteiger charge is -2.08. The van der Waals surface area contributed by atoms with Gasteiger partial charge in [-0.15, -0.1) is 10.2 Å². The summed E-state index contributed by atoms with van der Waals surface area (Å²) < 4.78 is 1.73. The molecular formula is C17H17ClN4O2S. The summed E-state index contributed by atoms with van der Waals surface area (Å²) in [7, 11) is 1.78. The van der Waals surface area contributed by atoms with Crippen molar-refractivity contribution in [2.45, 2.75) is 20.3 Å². The zero-order chi connectivity index (χ0) is 18.1. The number of fused-ring (bicyclic) bond motifs is 1. The van der Waals surface area contributed by atoms with Gasteiger partial charge in [0.15, 0.2) is 0 Å². The maximum Gasteiger partial charge on any atom is 0.262 e. The first-order valence-electron chi connectivity index (χ1n) is 7.77. The number of aromatic nitrogens is 3. The predicted molar refractivity (Wildman–Crippen MR) is 101 cm³/mol. The van der Waals surface area contributed by atoms with Gasteiger partial charge in [0.05, 0.1) is 5.52 Å². The van der Waals surface area contributed by atoms with Crippen molar-refractivity contribution < 1.29 is 4.79 Å². The van der Waals surface area contributed by atoms with Crippen LogP contribution in [-0.4, -0.2) is 20.7 Å². The van der Waals surface area contributed by atoms with Gasteiger partial charge < -0.3 is 4.57 Å². The molecule has 0 unspecified atom stereocenters. The second-order valence-electron chi connectivity index (χ2n) is 6.20. The van der Waals surface area contributed by atoms with Crippen molar-refractivity contribution in [2.75, 3.05) is 5.32 Å². The standard InChI is InChI=1S/C17H17ClN4O2S/c1-9(2)6-14-20-21-17(25-14)19-16(24)12-8-22(3)13-5-4-10(18)7-11(13)15(12)23/h4-5,7-9H,6H2,1-3H3,(H,19,21,24). The summed E-state index contributed by atoms with van der Waals surface area (Å²) in [5.74, 6) is -0.0521. The van der Waals surface area contributed by atoms with E-state index >= 15 is 0 Å². The molecule has 0 bridgehead atoms. The molecule has 0 spiro atoms. The number of benzene rings is 1. The molecule has 0 atom stereocenters. The molecule has 8 heteroatoms. The molecule has 1 aromatic carbocycles. The molecule has 6 nitrogen and oxygen atoms in total. The minimum atomic E-state index is -0.505. The smallest absolute Gasteiger partial charge is 0.262 e. The summed E-state index contributed by atoms with van der Waals surface area (Å²) in [6, 6.07) is 5.03. The van der Waals surface area contributed by atoms with Crippen LogP contribution >= 0.6 is 22.9 Å². The lowest BCUT2D eigenvalue weighted by Crippen LogP contribution is -2.23. The van der Waals surface area contributed by atoms with Crippen LogP contribution in [0.15, 0.2) is 29.2 Å². The van der Waals surface area contributed by atoms with Crippen molar-refractivity contribution in [3.05, 3.63) is 50.2 Å². The zero-order valence-electron chi connectivity index (χ0n) is 14.0. The van der Waals surface area contributed by atoms with Crippen LogP contribution < -0.4 is 10.7 Å². The third kappa shape index (κ3) is 3.72. The number of carbonyl (C=O) groups is 1. The maximum atomic E-state index is 12.6. The normalized spacial score (nSPS) is 11.2. The Hall–Kier alpha value is -2.25. The molecule has 0 radical (unpaired) electrons. The van der Waals surface area contributed by atoms with E-state index in [1.54, 1.807) is 29.8 Å². The van der Waals surface area contributed by atoms with E-state index in [0.29, 0.717) is 27.0 Å². The van der Waals surface area contributed by atoms with Crippen molar-refractivity contribution >= 4 is 44.9 Å². The van der Waals surface area contributed by atoms with Crippen molar-refractivity contribution in [1.29, 1.82) is 0 Å². The van der Waals surface area contributed by atoms with Gasteiger partial charge in [-0.25, -0.2) is 0 Å². The SMILES string of the molecule is CC(C)Cc1nnc(NC(=O)c2cn(C)c3ccc(Cl)cc3c2=O)s1. The Morgan fingerprint density at radius 1 is 1.36 bits per heavy atom. The van der Waals surface area contributed by atoms with Crippen LogP contribution in [0.2, 0.25) is 5.02 Å². The van der Waals surface area contributed by atoms with Crippen LogP contribution in [0.1, 0.15) is 29.2 Å². The topological polar surface area (TPSA) is 76.9 Å². The van der Waals surface area contributed by atoms with Crippen LogP contribution in [0.5, 0.6) is 0 Å². The number of carbonyl (C=O) groups excluding carboxylic acids is 1. The predicted octanol–water partition coefficient (Wildman–Crippen LogP) is 3.49. The van der Waals surface area contributed by atoms with E-state index in [0.717, 1.165) is 11.4 Å². The largest absolute Gasteiger partial charge is 0.350 e. The molecule has 130 valence electrons. The van der Waals surface area contributed by atoms with Crippen LogP contribution in [0, 0.1) is 5.92 Å². The number of aryl methyl sites for hydroxylation is 1. The highest BCUT2D eigenvalue weighted by molar-refractivity contribution is 7.15. The van der Waals surface area contributed by atoms with Crippen molar-refractivity contribution in [3.8, 4) is 0 Å². The number of hydrogen-bond donors (Lipinski definition) is 1. The second kappa shape index (κ2) is 6.93. The molecule has 3 aromatic rings. The van der Waals surface area contributed by atoms with Crippen LogP contribution in [0.4, 0.5) is 5.13 Å². The molecule has 3 rings (SSSR count). The zero-order valence-corrected chi connectivity index (χ0v) is 15.6. The molecule has 0 saturated carbocycles. The molecule has 0 fully saturated rings. The first-order chi connectivity index (χ1) is 11.8. The van der Waals surface area contributed by atoms with E-state index in [2.05, 4.69) is 29.4 Å². The molecule has 0 aliphatic heterocycles. The number of halogens is 1. The minimum absolute atomic E-state index is 0.0397. The number of pyridine rings is 1. The third-order valence-corrected chi connectivity index (χ3v) is 4.76. The fourth-order valence-electron chi connectivity index (χ4n) is 2.53. The monoisotopic (exact) mass is 376 g/mol. The summed E-state index contributed by atoms with van der Waals surface area (Å²) >= 11 is 7.30. The average Bonchev–Trinajstić information content (AvgIpc) is 2.96. The molecule has 2 heterocycles. The Labute approximate surface area is 153 Å². The average molecular weight is 377 g/mol. The van der Waals surface area contributed by atoms with Crippen LogP contribution in [0.25, 0.3) is 10.9 Å². The summed E-state index contributed by atoms with van der Waals surface area (Å²) in [4.78, 5) is 25.2. The maximum absolute atomic E-state index is 12.6. The van der Waals surface area contributed by atoms with Gasteiger partial charge in [0.2, 0.25) is 10.6 Å². The van der Waals surface area contributed by atoms with Gasteiger partial charge in [-0.2, -0.15) is 0 Å². The Morgan fingerprint density at radius 2 is 2.12 bits per heavy atom. The highest BCUT2D eigenvalue weighted by atomic mass is 35.5. The fourth-order valence-corrected chi connectivity index (χ4v) is 3.65. The molecular weight excluding hydrogens is 360 g/mol. The summed E-state index contributed by atoms with van der Waals surface area (Å²) in [5, 5.41) is 12.8. The Bertz CT molecular complexity index is 1010. The number of amides is 1. The number of rotatable bonds is 4. The van der Waals surface area contributed by atoms with Crippen LogP contribution in [-0.2, 0) is 13.5 Å². The van der Waals surface area contributed by atoms with Crippen molar-refractivity contribution in [1.82, 2.24) is 14.8 Å². The van der Waals surface area contributed by atoms with Gasteiger partial charge in [-0.05, 0) is 24.1 Å². The van der Waals surface area contributed by atoms with Crippen LogP contribution in [0.3, 0.4) is 0 Å². The Kier molecular flexibility index (Phi) is 4.87. The van der Waals surface area contributed by atoms with E-state index in [-0.39, 0.29) is 11.0 Å². The molecule has 1 amide bonds. The van der Waals surface area contributed by atoms with E-state index in [4.69, 9.17) is 11.6 Å². The van der Waals surface area contributed by atoms with Crippen molar-refractivity contribution in [3.63, 3.8) is 0 Å². The lowest BCUT2D eigenvalue weighted by atomic mass is 10.1. The Balaban J connectivity index is 1.93. The van der Waals surface area contributed by atoms with Gasteiger partial charge in [0.1, 0.15) is 10.6 Å². The lowest BCUT2D eigenvalue weighted by molar-refractivity contribution is 0.102. The summed E-state index contributed by atoms with van der Waals surface area (Å²) in [6.07, 6.45) is 2.31. The second-order valence-corrected chi connectivity index (χ2v) is 7.70.